The van der Waals surface area contributed by atoms with Crippen LogP contribution in [0.5, 0.6) is 0 Å². The summed E-state index contributed by atoms with van der Waals surface area (Å²) in [5.74, 6) is -1.23. The summed E-state index contributed by atoms with van der Waals surface area (Å²) >= 11 is 0. The average molecular weight is 315 g/mol. The van der Waals surface area contributed by atoms with Crippen LogP contribution in [-0.4, -0.2) is 25.0 Å². The van der Waals surface area contributed by atoms with E-state index in [4.69, 9.17) is 0 Å². The molecule has 1 fully saturated rings. The van der Waals surface area contributed by atoms with Crippen LogP contribution < -0.4 is 5.32 Å². The van der Waals surface area contributed by atoms with Crippen molar-refractivity contribution < 1.29 is 27.5 Å². The lowest BCUT2D eigenvalue weighted by Crippen LogP contribution is -2.44. The normalized spacial score (nSPS) is 16.0. The second-order valence-corrected chi connectivity index (χ2v) is 5.22. The van der Waals surface area contributed by atoms with Gasteiger partial charge in [0.2, 0.25) is 5.91 Å². The lowest BCUT2D eigenvalue weighted by molar-refractivity contribution is -0.145. The van der Waals surface area contributed by atoms with Crippen LogP contribution in [0.3, 0.4) is 0 Å². The number of hydrogen-bond acceptors (Lipinski definition) is 3. The number of alkyl halides is 3. The van der Waals surface area contributed by atoms with Crippen LogP contribution in [0.15, 0.2) is 24.3 Å². The lowest BCUT2D eigenvalue weighted by Gasteiger charge is -2.19. The van der Waals surface area contributed by atoms with Crippen LogP contribution in [0, 0.1) is 5.92 Å². The Morgan fingerprint density at radius 2 is 1.95 bits per heavy atom. The molecule has 1 aromatic rings. The highest BCUT2D eigenvalue weighted by molar-refractivity contribution is 5.87. The van der Waals surface area contributed by atoms with Crippen molar-refractivity contribution in [2.24, 2.45) is 5.92 Å². The fourth-order valence-electron chi connectivity index (χ4n) is 2.17. The van der Waals surface area contributed by atoms with Crippen LogP contribution in [0.25, 0.3) is 0 Å². The molecule has 0 spiro atoms. The molecule has 1 aliphatic rings. The molecule has 120 valence electrons. The van der Waals surface area contributed by atoms with Crippen molar-refractivity contribution in [1.82, 2.24) is 5.32 Å². The Balaban J connectivity index is 2.19. The Labute approximate surface area is 125 Å². The number of esters is 1. The van der Waals surface area contributed by atoms with Crippen molar-refractivity contribution in [3.05, 3.63) is 35.4 Å². The zero-order valence-electron chi connectivity index (χ0n) is 11.9. The predicted octanol–water partition coefficient (Wildman–Crippen LogP) is 2.32. The first-order valence-electron chi connectivity index (χ1n) is 6.86. The molecule has 0 aliphatic heterocycles. The Morgan fingerprint density at radius 3 is 2.50 bits per heavy atom. The van der Waals surface area contributed by atoms with Gasteiger partial charge in [0.25, 0.3) is 0 Å². The molecular weight excluding hydrogens is 299 g/mol. The van der Waals surface area contributed by atoms with Crippen LogP contribution in [0.2, 0.25) is 0 Å². The van der Waals surface area contributed by atoms with E-state index in [0.717, 1.165) is 26.0 Å². The van der Waals surface area contributed by atoms with Crippen molar-refractivity contribution in [2.75, 3.05) is 7.11 Å². The van der Waals surface area contributed by atoms with E-state index in [9.17, 15) is 22.8 Å². The number of methoxy groups -OCH3 is 1. The maximum absolute atomic E-state index is 13.0. The summed E-state index contributed by atoms with van der Waals surface area (Å²) in [5, 5.41) is 2.48. The zero-order valence-corrected chi connectivity index (χ0v) is 11.9. The summed E-state index contributed by atoms with van der Waals surface area (Å²) in [6.45, 7) is 0. The Kier molecular flexibility index (Phi) is 4.73. The molecule has 1 amide bonds. The molecule has 22 heavy (non-hydrogen) atoms. The van der Waals surface area contributed by atoms with Crippen LogP contribution >= 0.6 is 0 Å². The third-order valence-corrected chi connectivity index (χ3v) is 3.50. The highest BCUT2D eigenvalue weighted by Crippen LogP contribution is 2.33. The van der Waals surface area contributed by atoms with Crippen molar-refractivity contribution in [3.8, 4) is 0 Å². The molecule has 1 atom stereocenters. The number of benzene rings is 1. The summed E-state index contributed by atoms with van der Waals surface area (Å²) in [6, 6.07) is 3.86. The van der Waals surface area contributed by atoms with Crippen molar-refractivity contribution in [2.45, 2.75) is 31.5 Å². The summed E-state index contributed by atoms with van der Waals surface area (Å²) < 4.78 is 43.5. The van der Waals surface area contributed by atoms with Gasteiger partial charge in [-0.15, -0.1) is 0 Å². The van der Waals surface area contributed by atoms with Gasteiger partial charge in [0.15, 0.2) is 0 Å². The molecule has 1 saturated carbocycles. The summed E-state index contributed by atoms with van der Waals surface area (Å²) in [4.78, 5) is 23.5. The second kappa shape index (κ2) is 6.37. The van der Waals surface area contributed by atoms with Gasteiger partial charge in [-0.05, 0) is 24.5 Å². The number of ether oxygens (including phenoxy) is 1. The molecule has 0 saturated heterocycles. The number of nitrogens with one attached hydrogen (secondary N) is 1. The molecular formula is C15H16F3NO3. The number of hydrogen-bond donors (Lipinski definition) is 1. The minimum Gasteiger partial charge on any atom is -0.467 e. The average Bonchev–Trinajstić information content (AvgIpc) is 3.29. The molecule has 0 aromatic heterocycles. The van der Waals surface area contributed by atoms with Gasteiger partial charge < -0.3 is 10.1 Å². The van der Waals surface area contributed by atoms with E-state index in [1.807, 2.05) is 0 Å². The fraction of sp³-hybridized carbons (Fsp3) is 0.467. The molecule has 1 N–H and O–H groups in total. The van der Waals surface area contributed by atoms with Crippen LogP contribution in [0.4, 0.5) is 13.2 Å². The molecule has 2 rings (SSSR count). The van der Waals surface area contributed by atoms with Gasteiger partial charge in [-0.1, -0.05) is 18.2 Å². The summed E-state index contributed by atoms with van der Waals surface area (Å²) in [7, 11) is 1.13. The van der Waals surface area contributed by atoms with E-state index in [1.165, 1.54) is 18.2 Å². The summed E-state index contributed by atoms with van der Waals surface area (Å²) in [5.41, 5.74) is -0.869. The largest absolute Gasteiger partial charge is 0.467 e. The van der Waals surface area contributed by atoms with Gasteiger partial charge in [0.05, 0.1) is 12.7 Å². The van der Waals surface area contributed by atoms with E-state index < -0.39 is 23.8 Å². The number of rotatable bonds is 5. The van der Waals surface area contributed by atoms with Gasteiger partial charge in [-0.25, -0.2) is 4.79 Å². The number of carbonyl (C=O) groups is 2. The Morgan fingerprint density at radius 1 is 1.32 bits per heavy atom. The second-order valence-electron chi connectivity index (χ2n) is 5.22. The molecule has 0 radical (unpaired) electrons. The molecule has 4 nitrogen and oxygen atoms in total. The minimum absolute atomic E-state index is 0.0542. The monoisotopic (exact) mass is 315 g/mol. The highest BCUT2D eigenvalue weighted by atomic mass is 19.4. The molecule has 0 unspecified atom stereocenters. The third kappa shape index (κ3) is 3.99. The fourth-order valence-corrected chi connectivity index (χ4v) is 2.17. The van der Waals surface area contributed by atoms with Gasteiger partial charge in [-0.2, -0.15) is 13.2 Å². The van der Waals surface area contributed by atoms with Gasteiger partial charge in [0.1, 0.15) is 6.04 Å². The molecule has 7 heteroatoms. The predicted molar refractivity (Wildman–Crippen MR) is 71.8 cm³/mol. The van der Waals surface area contributed by atoms with Gasteiger partial charge >= 0.3 is 12.1 Å². The molecule has 1 aliphatic carbocycles. The first-order chi connectivity index (χ1) is 10.3. The molecule has 1 aromatic carbocycles. The number of carbonyl (C=O) groups excluding carboxylic acids is 2. The first-order valence-corrected chi connectivity index (χ1v) is 6.86. The highest BCUT2D eigenvalue weighted by Gasteiger charge is 2.36. The van der Waals surface area contributed by atoms with Crippen molar-refractivity contribution in [1.29, 1.82) is 0 Å². The topological polar surface area (TPSA) is 55.4 Å². The third-order valence-electron chi connectivity index (χ3n) is 3.50. The smallest absolute Gasteiger partial charge is 0.416 e. The number of amides is 1. The van der Waals surface area contributed by atoms with E-state index in [-0.39, 0.29) is 23.8 Å². The SMILES string of the molecule is COC(=O)[C@H](Cc1ccccc1C(F)(F)F)NC(=O)C1CC1. The Hall–Kier alpha value is -2.05. The lowest BCUT2D eigenvalue weighted by atomic mass is 9.99. The van der Waals surface area contributed by atoms with E-state index >= 15 is 0 Å². The first kappa shape index (κ1) is 16.3. The van der Waals surface area contributed by atoms with Crippen LogP contribution in [0.1, 0.15) is 24.0 Å². The molecule has 0 heterocycles. The maximum atomic E-state index is 13.0. The standard InChI is InChI=1S/C15H16F3NO3/c1-22-14(21)12(19-13(20)9-6-7-9)8-10-4-2-3-5-11(10)15(16,17)18/h2-5,9,12H,6-8H2,1H3,(H,19,20)/t12-/m0/s1. The zero-order chi connectivity index (χ0) is 16.3. The summed E-state index contributed by atoms with van der Waals surface area (Å²) in [6.07, 6.45) is -3.31. The minimum atomic E-state index is -4.52. The van der Waals surface area contributed by atoms with Crippen molar-refractivity contribution in [3.63, 3.8) is 0 Å². The van der Waals surface area contributed by atoms with E-state index in [2.05, 4.69) is 10.1 Å². The quantitative estimate of drug-likeness (QED) is 0.849. The maximum Gasteiger partial charge on any atom is 0.416 e. The van der Waals surface area contributed by atoms with Crippen LogP contribution in [-0.2, 0) is 26.9 Å². The van der Waals surface area contributed by atoms with Crippen molar-refractivity contribution >= 4 is 11.9 Å². The molecule has 0 bridgehead atoms. The Bertz CT molecular complexity index is 567. The van der Waals surface area contributed by atoms with Gasteiger partial charge in [0, 0.05) is 12.3 Å². The number of halogens is 3. The van der Waals surface area contributed by atoms with E-state index in [0.29, 0.717) is 0 Å². The van der Waals surface area contributed by atoms with Gasteiger partial charge in [-0.3, -0.25) is 4.79 Å². The van der Waals surface area contributed by atoms with E-state index in [1.54, 1.807) is 0 Å².